The molecule has 37 heavy (non-hydrogen) atoms. The van der Waals surface area contributed by atoms with E-state index in [9.17, 15) is 14.7 Å². The predicted molar refractivity (Wildman–Crippen MR) is 143 cm³/mol. The fourth-order valence-electron chi connectivity index (χ4n) is 3.73. The molecule has 1 unspecified atom stereocenters. The number of carbonyl (C=O) groups excluding carboxylic acids is 2. The molecule has 2 aromatic carbocycles. The van der Waals surface area contributed by atoms with Crippen LogP contribution >= 0.6 is 0 Å². The molecule has 0 saturated carbocycles. The molecule has 2 rings (SSSR count). The summed E-state index contributed by atoms with van der Waals surface area (Å²) in [4.78, 5) is 25.6. The lowest BCUT2D eigenvalue weighted by molar-refractivity contribution is -0.134. The Bertz CT molecular complexity index is 894. The third-order valence-electron chi connectivity index (χ3n) is 5.56. The van der Waals surface area contributed by atoms with Crippen molar-refractivity contribution in [1.29, 1.82) is 0 Å². The fraction of sp³-hybridized carbons (Fsp3) is 0.517. The van der Waals surface area contributed by atoms with E-state index in [0.29, 0.717) is 39.3 Å². The van der Waals surface area contributed by atoms with Gasteiger partial charge in [0.2, 0.25) is 5.91 Å². The fourth-order valence-corrected chi connectivity index (χ4v) is 3.73. The van der Waals surface area contributed by atoms with Crippen molar-refractivity contribution in [3.05, 3.63) is 71.8 Å². The summed E-state index contributed by atoms with van der Waals surface area (Å²) < 4.78 is 16.8. The lowest BCUT2D eigenvalue weighted by atomic mass is 9.99. The maximum absolute atomic E-state index is 13.1. The van der Waals surface area contributed by atoms with Gasteiger partial charge in [-0.15, -0.1) is 0 Å². The van der Waals surface area contributed by atoms with Gasteiger partial charge in [-0.1, -0.05) is 74.5 Å². The molecule has 2 amide bonds. The van der Waals surface area contributed by atoms with E-state index in [2.05, 4.69) is 10.6 Å². The van der Waals surface area contributed by atoms with Gasteiger partial charge in [-0.05, 0) is 30.4 Å². The van der Waals surface area contributed by atoms with Crippen LogP contribution in [0, 0.1) is 5.92 Å². The largest absolute Gasteiger partial charge is 0.381 e. The van der Waals surface area contributed by atoms with Crippen LogP contribution in [0.1, 0.15) is 38.3 Å². The molecule has 0 saturated heterocycles. The monoisotopic (exact) mass is 514 g/mol. The van der Waals surface area contributed by atoms with Crippen LogP contribution < -0.4 is 10.6 Å². The first-order valence-electron chi connectivity index (χ1n) is 13.0. The number of nitrogens with one attached hydrogen (secondary N) is 2. The minimum absolute atomic E-state index is 0.156. The Morgan fingerprint density at radius 3 is 2.05 bits per heavy atom. The van der Waals surface area contributed by atoms with Crippen LogP contribution in [0.2, 0.25) is 0 Å². The maximum Gasteiger partial charge on any atom is 0.251 e. The number of aliphatic hydroxyl groups excluding tert-OH is 1. The molecule has 3 N–H and O–H groups in total. The number of hydrogen-bond acceptors (Lipinski definition) is 6. The first-order chi connectivity index (χ1) is 17.9. The number of hydrogen-bond donors (Lipinski definition) is 3. The zero-order chi connectivity index (χ0) is 26.9. The third kappa shape index (κ3) is 12.8. The highest BCUT2D eigenvalue weighted by atomic mass is 16.5. The average Bonchev–Trinajstić information content (AvgIpc) is 2.88. The Morgan fingerprint density at radius 2 is 1.43 bits per heavy atom. The summed E-state index contributed by atoms with van der Waals surface area (Å²) in [5.74, 6) is -0.638. The van der Waals surface area contributed by atoms with Crippen LogP contribution in [0.5, 0.6) is 0 Å². The zero-order valence-corrected chi connectivity index (χ0v) is 22.2. The summed E-state index contributed by atoms with van der Waals surface area (Å²) in [5.41, 5.74) is 1.92. The molecule has 0 aromatic heterocycles. The summed E-state index contributed by atoms with van der Waals surface area (Å²) in [5, 5.41) is 16.7. The third-order valence-corrected chi connectivity index (χ3v) is 5.56. The SMILES string of the molecule is CCOCCOC[C@H](COCc1ccccc1)NC(=O)C(O)[C@H](Cc1ccccc1)NC(=O)CC(C)C. The molecule has 0 aliphatic carbocycles. The van der Waals surface area contributed by atoms with Gasteiger partial charge in [-0.25, -0.2) is 0 Å². The molecule has 8 nitrogen and oxygen atoms in total. The van der Waals surface area contributed by atoms with Crippen molar-refractivity contribution in [2.75, 3.05) is 33.0 Å². The van der Waals surface area contributed by atoms with Crippen LogP contribution in [0.4, 0.5) is 0 Å². The van der Waals surface area contributed by atoms with Crippen molar-refractivity contribution >= 4 is 11.8 Å². The summed E-state index contributed by atoms with van der Waals surface area (Å²) in [6.07, 6.45) is -0.820. The van der Waals surface area contributed by atoms with E-state index in [4.69, 9.17) is 14.2 Å². The van der Waals surface area contributed by atoms with Crippen LogP contribution in [-0.4, -0.2) is 68.1 Å². The number of ether oxygens (including phenoxy) is 3. The lowest BCUT2D eigenvalue weighted by Crippen LogP contribution is -2.54. The highest BCUT2D eigenvalue weighted by Crippen LogP contribution is 2.09. The lowest BCUT2D eigenvalue weighted by Gasteiger charge is -2.26. The number of aliphatic hydroxyl groups is 1. The predicted octanol–water partition coefficient (Wildman–Crippen LogP) is 2.88. The second-order valence-corrected chi connectivity index (χ2v) is 9.38. The molecule has 2 aromatic rings. The Labute approximate surface area is 220 Å². The van der Waals surface area contributed by atoms with Crippen LogP contribution in [0.3, 0.4) is 0 Å². The van der Waals surface area contributed by atoms with Crippen molar-refractivity contribution in [2.24, 2.45) is 5.92 Å². The van der Waals surface area contributed by atoms with Crippen LogP contribution in [-0.2, 0) is 36.8 Å². The number of carbonyl (C=O) groups is 2. The van der Waals surface area contributed by atoms with E-state index < -0.39 is 24.1 Å². The Balaban J connectivity index is 2.02. The van der Waals surface area contributed by atoms with Crippen molar-refractivity contribution in [3.8, 4) is 0 Å². The highest BCUT2D eigenvalue weighted by Gasteiger charge is 2.29. The molecule has 0 spiro atoms. The van der Waals surface area contributed by atoms with Gasteiger partial charge in [0.05, 0.1) is 45.1 Å². The van der Waals surface area contributed by atoms with Gasteiger partial charge in [0, 0.05) is 13.0 Å². The Hall–Kier alpha value is -2.78. The molecular formula is C29H42N2O6. The standard InChI is InChI=1S/C29H42N2O6/c1-4-35-15-16-36-20-25(21-37-19-24-13-9-6-10-14-24)30-29(34)28(33)26(31-27(32)17-22(2)3)18-23-11-7-5-8-12-23/h5-14,22,25-26,28,33H,4,15-21H2,1-3H3,(H,30,34)(H,31,32)/t25-,26+,28?/m1/s1. The van der Waals surface area contributed by atoms with Crippen molar-refractivity contribution in [1.82, 2.24) is 10.6 Å². The minimum Gasteiger partial charge on any atom is -0.381 e. The van der Waals surface area contributed by atoms with Crippen LogP contribution in [0.15, 0.2) is 60.7 Å². The quantitative estimate of drug-likeness (QED) is 0.264. The Kier molecular flexibility index (Phi) is 14.5. The maximum atomic E-state index is 13.1. The normalized spacial score (nSPS) is 13.6. The number of amides is 2. The molecule has 0 heterocycles. The number of rotatable bonds is 18. The number of benzene rings is 2. The van der Waals surface area contributed by atoms with Crippen molar-refractivity contribution < 1.29 is 28.9 Å². The molecule has 8 heteroatoms. The first kappa shape index (κ1) is 30.4. The molecule has 0 aliphatic heterocycles. The smallest absolute Gasteiger partial charge is 0.251 e. The van der Waals surface area contributed by atoms with Crippen molar-refractivity contribution in [3.63, 3.8) is 0 Å². The molecule has 3 atom stereocenters. The molecule has 0 radical (unpaired) electrons. The minimum atomic E-state index is -1.45. The second kappa shape index (κ2) is 17.6. The molecular weight excluding hydrogens is 472 g/mol. The Morgan fingerprint density at radius 1 is 0.838 bits per heavy atom. The van der Waals surface area contributed by atoms with E-state index in [0.717, 1.165) is 11.1 Å². The second-order valence-electron chi connectivity index (χ2n) is 9.38. The van der Waals surface area contributed by atoms with Gasteiger partial charge in [0.25, 0.3) is 5.91 Å². The highest BCUT2D eigenvalue weighted by molar-refractivity contribution is 5.83. The summed E-state index contributed by atoms with van der Waals surface area (Å²) in [6.45, 7) is 8.01. The van der Waals surface area contributed by atoms with E-state index in [1.165, 1.54) is 0 Å². The molecule has 204 valence electrons. The first-order valence-corrected chi connectivity index (χ1v) is 13.0. The zero-order valence-electron chi connectivity index (χ0n) is 22.2. The van der Waals surface area contributed by atoms with Gasteiger partial charge < -0.3 is 30.0 Å². The van der Waals surface area contributed by atoms with Gasteiger partial charge in [-0.2, -0.15) is 0 Å². The van der Waals surface area contributed by atoms with Crippen molar-refractivity contribution in [2.45, 2.75) is 58.4 Å². The van der Waals surface area contributed by atoms with Gasteiger partial charge >= 0.3 is 0 Å². The van der Waals surface area contributed by atoms with Crippen LogP contribution in [0.25, 0.3) is 0 Å². The molecule has 0 fully saturated rings. The van der Waals surface area contributed by atoms with E-state index >= 15 is 0 Å². The molecule has 0 aliphatic rings. The van der Waals surface area contributed by atoms with Gasteiger partial charge in [-0.3, -0.25) is 9.59 Å². The van der Waals surface area contributed by atoms with Gasteiger partial charge in [0.1, 0.15) is 0 Å². The van der Waals surface area contributed by atoms with E-state index in [-0.39, 0.29) is 25.0 Å². The topological polar surface area (TPSA) is 106 Å². The average molecular weight is 515 g/mol. The van der Waals surface area contributed by atoms with Gasteiger partial charge in [0.15, 0.2) is 6.10 Å². The molecule has 0 bridgehead atoms. The van der Waals surface area contributed by atoms with E-state index in [1.807, 2.05) is 81.4 Å². The summed E-state index contributed by atoms with van der Waals surface area (Å²) in [7, 11) is 0. The van der Waals surface area contributed by atoms with E-state index in [1.54, 1.807) is 0 Å². The summed E-state index contributed by atoms with van der Waals surface area (Å²) in [6, 6.07) is 17.9. The summed E-state index contributed by atoms with van der Waals surface area (Å²) >= 11 is 0.